The van der Waals surface area contributed by atoms with Crippen molar-refractivity contribution in [1.82, 2.24) is 15.5 Å². The second-order valence-electron chi connectivity index (χ2n) is 6.43. The van der Waals surface area contributed by atoms with Crippen LogP contribution in [0, 0.1) is 5.41 Å². The summed E-state index contributed by atoms with van der Waals surface area (Å²) >= 11 is 0. The number of carbonyl (C=O) groups excluding carboxylic acids is 1. The first-order valence-corrected chi connectivity index (χ1v) is 7.99. The number of hydrogen-bond acceptors (Lipinski definition) is 3. The number of likely N-dealkylation sites (N-methyl/N-ethyl adjacent to an activating group) is 1. The van der Waals surface area contributed by atoms with Gasteiger partial charge in [0.15, 0.2) is 0 Å². The second kappa shape index (κ2) is 6.64. The molecule has 0 aromatic heterocycles. The molecule has 21 heavy (non-hydrogen) atoms. The molecule has 120 valence electrons. The summed E-state index contributed by atoms with van der Waals surface area (Å²) in [4.78, 5) is 25.7. The van der Waals surface area contributed by atoms with Gasteiger partial charge in [0.05, 0.1) is 5.41 Å². The number of carboxylic acids is 1. The Bertz CT molecular complexity index is 398. The Labute approximate surface area is 126 Å². The van der Waals surface area contributed by atoms with Crippen LogP contribution in [0.4, 0.5) is 4.79 Å². The molecule has 2 aliphatic carbocycles. The molecule has 0 heterocycles. The zero-order valence-electron chi connectivity index (χ0n) is 13.0. The van der Waals surface area contributed by atoms with Crippen molar-refractivity contribution in [2.75, 3.05) is 19.6 Å². The lowest BCUT2D eigenvalue weighted by molar-refractivity contribution is -0.148. The molecule has 2 atom stereocenters. The van der Waals surface area contributed by atoms with E-state index < -0.39 is 11.4 Å². The molecule has 2 unspecified atom stereocenters. The van der Waals surface area contributed by atoms with Crippen LogP contribution in [-0.2, 0) is 4.79 Å². The molecule has 6 heteroatoms. The number of aliphatic carboxylic acids is 1. The minimum atomic E-state index is -0.833. The van der Waals surface area contributed by atoms with E-state index in [1.807, 2.05) is 0 Å². The van der Waals surface area contributed by atoms with Crippen LogP contribution >= 0.6 is 0 Å². The highest BCUT2D eigenvalue weighted by atomic mass is 16.4. The van der Waals surface area contributed by atoms with Gasteiger partial charge in [-0.1, -0.05) is 13.3 Å². The number of carbonyl (C=O) groups is 2. The van der Waals surface area contributed by atoms with E-state index in [0.717, 1.165) is 25.9 Å². The van der Waals surface area contributed by atoms with Crippen molar-refractivity contribution in [3.8, 4) is 0 Å². The smallest absolute Gasteiger partial charge is 0.315 e. The zero-order chi connectivity index (χ0) is 15.5. The Balaban J connectivity index is 1.72. The minimum Gasteiger partial charge on any atom is -0.481 e. The maximum Gasteiger partial charge on any atom is 0.315 e. The van der Waals surface area contributed by atoms with Gasteiger partial charge in [0, 0.05) is 25.2 Å². The lowest BCUT2D eigenvalue weighted by atomic mass is 9.85. The fraction of sp³-hybridized carbons (Fsp3) is 0.867. The highest BCUT2D eigenvalue weighted by Crippen LogP contribution is 2.38. The second-order valence-corrected chi connectivity index (χ2v) is 6.43. The molecule has 2 saturated carbocycles. The fourth-order valence-corrected chi connectivity index (χ4v) is 3.21. The van der Waals surface area contributed by atoms with Gasteiger partial charge >= 0.3 is 12.0 Å². The quantitative estimate of drug-likeness (QED) is 0.663. The number of carboxylic acid groups (broad SMARTS) is 1. The summed E-state index contributed by atoms with van der Waals surface area (Å²) in [6.45, 7) is 6.32. The number of nitrogens with zero attached hydrogens (tertiary/aromatic N) is 1. The van der Waals surface area contributed by atoms with Crippen LogP contribution in [0.3, 0.4) is 0 Å². The molecule has 0 aromatic rings. The molecule has 0 spiro atoms. The third kappa shape index (κ3) is 3.87. The van der Waals surface area contributed by atoms with E-state index in [1.165, 1.54) is 12.8 Å². The average Bonchev–Trinajstić information content (AvgIpc) is 3.20. The van der Waals surface area contributed by atoms with Crippen LogP contribution < -0.4 is 10.6 Å². The Morgan fingerprint density at radius 3 is 2.62 bits per heavy atom. The van der Waals surface area contributed by atoms with Gasteiger partial charge in [-0.25, -0.2) is 4.79 Å². The van der Waals surface area contributed by atoms with Crippen molar-refractivity contribution in [1.29, 1.82) is 0 Å². The molecule has 3 N–H and O–H groups in total. The molecule has 0 aliphatic heterocycles. The summed E-state index contributed by atoms with van der Waals surface area (Å²) in [7, 11) is 0. The van der Waals surface area contributed by atoms with Crippen LogP contribution in [0.15, 0.2) is 0 Å². The van der Waals surface area contributed by atoms with Crippen molar-refractivity contribution in [2.45, 2.75) is 58.0 Å². The van der Waals surface area contributed by atoms with E-state index in [0.29, 0.717) is 19.0 Å². The normalized spacial score (nSPS) is 28.6. The Morgan fingerprint density at radius 2 is 2.05 bits per heavy atom. The summed E-state index contributed by atoms with van der Waals surface area (Å²) in [6.07, 6.45) is 4.73. The first-order chi connectivity index (χ1) is 9.97. The third-order valence-electron chi connectivity index (χ3n) is 4.91. The van der Waals surface area contributed by atoms with Gasteiger partial charge in [-0.3, -0.25) is 9.69 Å². The van der Waals surface area contributed by atoms with Crippen molar-refractivity contribution in [3.05, 3.63) is 0 Å². The monoisotopic (exact) mass is 297 g/mol. The summed E-state index contributed by atoms with van der Waals surface area (Å²) in [5.74, 6) is -0.823. The molecule has 6 nitrogen and oxygen atoms in total. The van der Waals surface area contributed by atoms with E-state index in [2.05, 4.69) is 22.5 Å². The highest BCUT2D eigenvalue weighted by Gasteiger charge is 2.45. The van der Waals surface area contributed by atoms with E-state index in [4.69, 9.17) is 0 Å². The van der Waals surface area contributed by atoms with E-state index in [1.54, 1.807) is 6.92 Å². The average molecular weight is 297 g/mol. The molecular weight excluding hydrogens is 270 g/mol. The van der Waals surface area contributed by atoms with Crippen LogP contribution in [0.1, 0.15) is 46.0 Å². The SMILES string of the molecule is CCN(CCNC(=O)NC1CCCC1(C)C(=O)O)C1CC1. The van der Waals surface area contributed by atoms with Gasteiger partial charge in [0.1, 0.15) is 0 Å². The Kier molecular flexibility index (Phi) is 5.08. The van der Waals surface area contributed by atoms with Crippen molar-refractivity contribution in [3.63, 3.8) is 0 Å². The van der Waals surface area contributed by atoms with Crippen molar-refractivity contribution < 1.29 is 14.7 Å². The standard InChI is InChI=1S/C15H27N3O3/c1-3-18(11-6-7-11)10-9-16-14(21)17-12-5-4-8-15(12,2)13(19)20/h11-12H,3-10H2,1-2H3,(H,19,20)(H2,16,17,21). The summed E-state index contributed by atoms with van der Waals surface area (Å²) in [5.41, 5.74) is -0.833. The van der Waals surface area contributed by atoms with Gasteiger partial charge in [-0.15, -0.1) is 0 Å². The van der Waals surface area contributed by atoms with Gasteiger partial charge in [-0.05, 0) is 39.2 Å². The van der Waals surface area contributed by atoms with Crippen LogP contribution in [0.5, 0.6) is 0 Å². The minimum absolute atomic E-state index is 0.249. The molecule has 2 fully saturated rings. The van der Waals surface area contributed by atoms with Gasteiger partial charge in [-0.2, -0.15) is 0 Å². The first kappa shape index (κ1) is 16.1. The van der Waals surface area contributed by atoms with Crippen molar-refractivity contribution in [2.24, 2.45) is 5.41 Å². The number of rotatable bonds is 7. The maximum atomic E-state index is 11.9. The summed E-state index contributed by atoms with van der Waals surface area (Å²) in [5, 5.41) is 15.0. The molecule has 0 radical (unpaired) electrons. The maximum absolute atomic E-state index is 11.9. The van der Waals surface area contributed by atoms with Crippen LogP contribution in [0.25, 0.3) is 0 Å². The lowest BCUT2D eigenvalue weighted by Crippen LogP contribution is -2.51. The fourth-order valence-electron chi connectivity index (χ4n) is 3.21. The number of nitrogens with one attached hydrogen (secondary N) is 2. The lowest BCUT2D eigenvalue weighted by Gasteiger charge is -2.28. The number of urea groups is 1. The molecule has 2 rings (SSSR count). The van der Waals surface area contributed by atoms with Gasteiger partial charge in [0.2, 0.25) is 0 Å². The molecule has 0 aromatic carbocycles. The molecular formula is C15H27N3O3. The molecule has 0 bridgehead atoms. The number of amides is 2. The largest absolute Gasteiger partial charge is 0.481 e. The molecule has 2 amide bonds. The van der Waals surface area contributed by atoms with E-state index in [9.17, 15) is 14.7 Å². The first-order valence-electron chi connectivity index (χ1n) is 7.99. The summed E-state index contributed by atoms with van der Waals surface area (Å²) in [6, 6.07) is 0.173. The van der Waals surface area contributed by atoms with Gasteiger partial charge in [0.25, 0.3) is 0 Å². The topological polar surface area (TPSA) is 81.7 Å². The van der Waals surface area contributed by atoms with Crippen LogP contribution in [-0.4, -0.2) is 53.7 Å². The van der Waals surface area contributed by atoms with E-state index >= 15 is 0 Å². The summed E-state index contributed by atoms with van der Waals surface area (Å²) < 4.78 is 0. The number of hydrogen-bond donors (Lipinski definition) is 3. The molecule has 2 aliphatic rings. The third-order valence-corrected chi connectivity index (χ3v) is 4.91. The van der Waals surface area contributed by atoms with Gasteiger partial charge < -0.3 is 15.7 Å². The Morgan fingerprint density at radius 1 is 1.33 bits per heavy atom. The predicted molar refractivity (Wildman–Crippen MR) is 80.2 cm³/mol. The highest BCUT2D eigenvalue weighted by molar-refractivity contribution is 5.79. The van der Waals surface area contributed by atoms with E-state index in [-0.39, 0.29) is 12.1 Å². The Hall–Kier alpha value is -1.30. The van der Waals surface area contributed by atoms with Crippen LogP contribution in [0.2, 0.25) is 0 Å². The van der Waals surface area contributed by atoms with Crippen molar-refractivity contribution >= 4 is 12.0 Å². The molecule has 0 saturated heterocycles. The zero-order valence-corrected chi connectivity index (χ0v) is 13.0. The predicted octanol–water partition coefficient (Wildman–Crippen LogP) is 1.41.